The van der Waals surface area contributed by atoms with Crippen molar-refractivity contribution in [3.63, 3.8) is 0 Å². The van der Waals surface area contributed by atoms with Crippen molar-refractivity contribution in [2.45, 2.75) is 26.2 Å². The van der Waals surface area contributed by atoms with Crippen LogP contribution in [-0.4, -0.2) is 36.6 Å². The zero-order valence-electron chi connectivity index (χ0n) is 9.66. The molecule has 0 aromatic carbocycles. The number of hydrogen-bond donors (Lipinski definition) is 3. The minimum Gasteiger partial charge on any atom is -0.481 e. The summed E-state index contributed by atoms with van der Waals surface area (Å²) in [5.41, 5.74) is 0. The lowest BCUT2D eigenvalue weighted by Gasteiger charge is -2.10. The second kappa shape index (κ2) is 6.48. The highest BCUT2D eigenvalue weighted by Crippen LogP contribution is 2.27. The molecule has 92 valence electrons. The van der Waals surface area contributed by atoms with Crippen LogP contribution in [0.25, 0.3) is 0 Å². The number of rotatable bonds is 8. The molecular weight excluding hydrogens is 208 g/mol. The van der Waals surface area contributed by atoms with Crippen LogP contribution in [0.4, 0.5) is 0 Å². The molecule has 0 aromatic heterocycles. The van der Waals surface area contributed by atoms with Crippen LogP contribution >= 0.6 is 0 Å². The Morgan fingerprint density at radius 1 is 1.44 bits per heavy atom. The van der Waals surface area contributed by atoms with Crippen molar-refractivity contribution < 1.29 is 14.7 Å². The molecule has 5 heteroatoms. The molecule has 0 aliphatic heterocycles. The molecule has 0 saturated heterocycles. The van der Waals surface area contributed by atoms with Crippen molar-refractivity contribution in [3.8, 4) is 0 Å². The van der Waals surface area contributed by atoms with E-state index in [-0.39, 0.29) is 18.2 Å². The molecule has 0 bridgehead atoms. The molecule has 1 aliphatic carbocycles. The van der Waals surface area contributed by atoms with Gasteiger partial charge in [0.25, 0.3) is 0 Å². The molecule has 1 fully saturated rings. The van der Waals surface area contributed by atoms with Crippen LogP contribution in [0.2, 0.25) is 0 Å². The smallest absolute Gasteiger partial charge is 0.303 e. The maximum Gasteiger partial charge on any atom is 0.303 e. The molecular formula is C11H20N2O3. The Labute approximate surface area is 95.6 Å². The number of carbonyl (C=O) groups excluding carboxylic acids is 1. The van der Waals surface area contributed by atoms with E-state index in [1.807, 2.05) is 6.92 Å². The maximum atomic E-state index is 11.3. The van der Waals surface area contributed by atoms with Gasteiger partial charge in [0.05, 0.1) is 6.54 Å². The van der Waals surface area contributed by atoms with E-state index in [1.165, 1.54) is 12.8 Å². The fraction of sp³-hybridized carbons (Fsp3) is 0.818. The molecule has 0 heterocycles. The van der Waals surface area contributed by atoms with Gasteiger partial charge in [-0.2, -0.15) is 0 Å². The highest BCUT2D eigenvalue weighted by molar-refractivity contribution is 5.78. The summed E-state index contributed by atoms with van der Waals surface area (Å²) < 4.78 is 0. The zero-order chi connectivity index (χ0) is 12.0. The Kier molecular flexibility index (Phi) is 5.25. The largest absolute Gasteiger partial charge is 0.481 e. The quantitative estimate of drug-likeness (QED) is 0.555. The standard InChI is InChI=1S/C11H20N2O3/c1-8(4-11(15)16)5-13-10(14)7-12-6-9-2-3-9/h8-9,12H,2-7H2,1H3,(H,13,14)(H,15,16). The van der Waals surface area contributed by atoms with Crippen molar-refractivity contribution in [3.05, 3.63) is 0 Å². The van der Waals surface area contributed by atoms with Gasteiger partial charge in [-0.25, -0.2) is 0 Å². The molecule has 3 N–H and O–H groups in total. The molecule has 0 aromatic rings. The fourth-order valence-electron chi connectivity index (χ4n) is 1.43. The van der Waals surface area contributed by atoms with Gasteiger partial charge in [-0.1, -0.05) is 6.92 Å². The minimum absolute atomic E-state index is 0.0233. The number of hydrogen-bond acceptors (Lipinski definition) is 3. The van der Waals surface area contributed by atoms with Crippen LogP contribution in [-0.2, 0) is 9.59 Å². The van der Waals surface area contributed by atoms with Gasteiger partial charge in [0, 0.05) is 13.0 Å². The first-order valence-corrected chi connectivity index (χ1v) is 5.77. The highest BCUT2D eigenvalue weighted by Gasteiger charge is 2.20. The minimum atomic E-state index is -0.825. The van der Waals surface area contributed by atoms with E-state index in [0.717, 1.165) is 12.5 Å². The van der Waals surface area contributed by atoms with E-state index >= 15 is 0 Å². The van der Waals surface area contributed by atoms with Gasteiger partial charge in [-0.15, -0.1) is 0 Å². The first-order valence-electron chi connectivity index (χ1n) is 5.77. The van der Waals surface area contributed by atoms with Gasteiger partial charge in [-0.3, -0.25) is 9.59 Å². The lowest BCUT2D eigenvalue weighted by atomic mass is 10.1. The van der Waals surface area contributed by atoms with E-state index in [0.29, 0.717) is 13.1 Å². The summed E-state index contributed by atoms with van der Waals surface area (Å²) in [5.74, 6) is -0.143. The Balaban J connectivity index is 1.97. The van der Waals surface area contributed by atoms with E-state index in [1.54, 1.807) is 0 Å². The van der Waals surface area contributed by atoms with Gasteiger partial charge in [0.1, 0.15) is 0 Å². The summed E-state index contributed by atoms with van der Waals surface area (Å²) in [4.78, 5) is 21.7. The van der Waals surface area contributed by atoms with Gasteiger partial charge >= 0.3 is 5.97 Å². The predicted octanol–water partition coefficient (Wildman–Crippen LogP) is 0.213. The van der Waals surface area contributed by atoms with E-state index in [2.05, 4.69) is 10.6 Å². The second-order valence-corrected chi connectivity index (χ2v) is 4.58. The summed E-state index contributed by atoms with van der Waals surface area (Å²) in [7, 11) is 0. The third kappa shape index (κ3) is 6.40. The molecule has 1 rings (SSSR count). The molecule has 1 atom stereocenters. The molecule has 5 nitrogen and oxygen atoms in total. The van der Waals surface area contributed by atoms with Gasteiger partial charge in [-0.05, 0) is 31.2 Å². The monoisotopic (exact) mass is 228 g/mol. The summed E-state index contributed by atoms with van der Waals surface area (Å²) in [6, 6.07) is 0. The van der Waals surface area contributed by atoms with Crippen molar-refractivity contribution in [1.82, 2.24) is 10.6 Å². The maximum absolute atomic E-state index is 11.3. The number of carboxylic acids is 1. The lowest BCUT2D eigenvalue weighted by molar-refractivity contribution is -0.138. The van der Waals surface area contributed by atoms with Crippen LogP contribution in [0.1, 0.15) is 26.2 Å². The lowest BCUT2D eigenvalue weighted by Crippen LogP contribution is -2.37. The highest BCUT2D eigenvalue weighted by atomic mass is 16.4. The number of nitrogens with one attached hydrogen (secondary N) is 2. The van der Waals surface area contributed by atoms with E-state index in [9.17, 15) is 9.59 Å². The van der Waals surface area contributed by atoms with Crippen LogP contribution in [0.3, 0.4) is 0 Å². The third-order valence-electron chi connectivity index (χ3n) is 2.59. The van der Waals surface area contributed by atoms with Crippen molar-refractivity contribution in [2.75, 3.05) is 19.6 Å². The number of carboxylic acid groups (broad SMARTS) is 1. The molecule has 0 radical (unpaired) electrons. The Morgan fingerprint density at radius 2 is 2.12 bits per heavy atom. The number of aliphatic carboxylic acids is 1. The number of amides is 1. The van der Waals surface area contributed by atoms with Crippen LogP contribution in [0.5, 0.6) is 0 Å². The Hall–Kier alpha value is -1.10. The molecule has 1 unspecified atom stereocenters. The summed E-state index contributed by atoms with van der Waals surface area (Å²) >= 11 is 0. The molecule has 1 saturated carbocycles. The molecule has 1 amide bonds. The van der Waals surface area contributed by atoms with Gasteiger partial charge in [0.15, 0.2) is 0 Å². The first kappa shape index (κ1) is 13.0. The summed E-state index contributed by atoms with van der Waals surface area (Å²) in [6.45, 7) is 3.48. The zero-order valence-corrected chi connectivity index (χ0v) is 9.66. The second-order valence-electron chi connectivity index (χ2n) is 4.58. The average Bonchev–Trinajstić information content (AvgIpc) is 2.97. The van der Waals surface area contributed by atoms with Crippen LogP contribution in [0, 0.1) is 11.8 Å². The fourth-order valence-corrected chi connectivity index (χ4v) is 1.43. The van der Waals surface area contributed by atoms with Crippen molar-refractivity contribution in [1.29, 1.82) is 0 Å². The van der Waals surface area contributed by atoms with E-state index < -0.39 is 5.97 Å². The van der Waals surface area contributed by atoms with Crippen molar-refractivity contribution in [2.24, 2.45) is 11.8 Å². The SMILES string of the molecule is CC(CNC(=O)CNCC1CC1)CC(=O)O. The molecule has 0 spiro atoms. The normalized spacial score (nSPS) is 16.8. The van der Waals surface area contributed by atoms with Gasteiger partial charge < -0.3 is 15.7 Å². The Bertz CT molecular complexity index is 252. The van der Waals surface area contributed by atoms with Gasteiger partial charge in [0.2, 0.25) is 5.91 Å². The number of carbonyl (C=O) groups is 2. The average molecular weight is 228 g/mol. The molecule has 16 heavy (non-hydrogen) atoms. The summed E-state index contributed by atoms with van der Waals surface area (Å²) in [5, 5.41) is 14.3. The predicted molar refractivity (Wildman–Crippen MR) is 60.0 cm³/mol. The van der Waals surface area contributed by atoms with Crippen LogP contribution < -0.4 is 10.6 Å². The topological polar surface area (TPSA) is 78.4 Å². The Morgan fingerprint density at radius 3 is 2.69 bits per heavy atom. The van der Waals surface area contributed by atoms with Crippen molar-refractivity contribution >= 4 is 11.9 Å². The van der Waals surface area contributed by atoms with Crippen LogP contribution in [0.15, 0.2) is 0 Å². The third-order valence-corrected chi connectivity index (χ3v) is 2.59. The van der Waals surface area contributed by atoms with E-state index in [4.69, 9.17) is 5.11 Å². The summed E-state index contributed by atoms with van der Waals surface area (Å²) in [6.07, 6.45) is 2.63. The first-order chi connectivity index (χ1) is 7.58. The molecule has 1 aliphatic rings.